The van der Waals surface area contributed by atoms with E-state index in [1.165, 1.54) is 40.2 Å². The number of allylic oxidation sites excluding steroid dienone is 2. The van der Waals surface area contributed by atoms with Crippen molar-refractivity contribution in [2.24, 2.45) is 46.3 Å². The number of aliphatic hydroxyl groups excluding tert-OH is 11. The Morgan fingerprint density at radius 2 is 1.09 bits per heavy atom. The van der Waals surface area contributed by atoms with Gasteiger partial charge in [-0.3, -0.25) is 4.55 Å². The van der Waals surface area contributed by atoms with Gasteiger partial charge in [0.05, 0.1) is 42.7 Å². The van der Waals surface area contributed by atoms with Crippen molar-refractivity contribution in [3.63, 3.8) is 0 Å². The minimum Gasteiger partial charge on any atom is -0.393 e. The lowest BCUT2D eigenvalue weighted by Gasteiger charge is -2.60. The Kier molecular flexibility index (Phi) is 20.8. The number of aliphatic hydroxyl groups is 13. The second-order valence-corrected chi connectivity index (χ2v) is 28.2. The van der Waals surface area contributed by atoms with Crippen molar-refractivity contribution < 1.29 is 131 Å². The molecule has 8 fully saturated rings. The van der Waals surface area contributed by atoms with Crippen LogP contribution in [-0.4, -0.2) is 251 Å². The highest BCUT2D eigenvalue weighted by Gasteiger charge is 2.64. The fraction of sp³-hybridized carbons (Fsp3) is 0.965. The van der Waals surface area contributed by atoms with E-state index in [0.29, 0.717) is 37.5 Å². The quantitative estimate of drug-likeness (QED) is 0.0459. The van der Waals surface area contributed by atoms with Crippen LogP contribution in [0.4, 0.5) is 0 Å². The molecule has 3 saturated carbocycles. The van der Waals surface area contributed by atoms with Crippen molar-refractivity contribution in [2.45, 2.75) is 299 Å². The molecule has 4 aliphatic carbocycles. The third kappa shape index (κ3) is 13.4. The molecular weight excluding hydrogens is 1150 g/mol. The molecule has 0 radical (unpaired) electrons. The molecule has 0 aromatic rings. The van der Waals surface area contributed by atoms with Crippen LogP contribution >= 0.6 is 0 Å². The van der Waals surface area contributed by atoms with E-state index < -0.39 is 193 Å². The zero-order valence-corrected chi connectivity index (χ0v) is 50.8. The van der Waals surface area contributed by atoms with Crippen LogP contribution in [0.2, 0.25) is 0 Å². The molecule has 0 aromatic heterocycles. The summed E-state index contributed by atoms with van der Waals surface area (Å²) >= 11 is 0. The summed E-state index contributed by atoms with van der Waals surface area (Å²) in [6, 6.07) is 0. The van der Waals surface area contributed by atoms with E-state index in [1.54, 1.807) is 0 Å². The molecule has 9 rings (SSSR count). The fourth-order valence-electron chi connectivity index (χ4n) is 16.2. The van der Waals surface area contributed by atoms with Gasteiger partial charge in [0.2, 0.25) is 5.79 Å². The summed E-state index contributed by atoms with van der Waals surface area (Å²) in [6.07, 6.45) is -35.8. The third-order valence-corrected chi connectivity index (χ3v) is 21.5. The molecule has 34 atom stereocenters. The molecule has 14 N–H and O–H groups in total. The molecule has 0 spiro atoms. The first-order valence-electron chi connectivity index (χ1n) is 30.4. The van der Waals surface area contributed by atoms with Crippen molar-refractivity contribution in [1.82, 2.24) is 0 Å². The van der Waals surface area contributed by atoms with Gasteiger partial charge in [-0.05, 0) is 139 Å². The molecule has 0 bridgehead atoms. The molecule has 85 heavy (non-hydrogen) atoms. The maximum Gasteiger partial charge on any atom is 0.397 e. The zero-order chi connectivity index (χ0) is 62.5. The highest BCUT2D eigenvalue weighted by molar-refractivity contribution is 7.80. The van der Waals surface area contributed by atoms with E-state index in [2.05, 4.69) is 40.7 Å². The van der Waals surface area contributed by atoms with E-state index in [4.69, 9.17) is 51.6 Å². The van der Waals surface area contributed by atoms with Gasteiger partial charge in [0.25, 0.3) is 0 Å². The Balaban J connectivity index is 0.999. The molecule has 27 nitrogen and oxygen atoms in total. The smallest absolute Gasteiger partial charge is 0.393 e. The van der Waals surface area contributed by atoms with Gasteiger partial charge >= 0.3 is 10.4 Å². The molecule has 9 aliphatic rings. The molecule has 0 aromatic carbocycles. The van der Waals surface area contributed by atoms with E-state index in [-0.39, 0.29) is 36.0 Å². The maximum atomic E-state index is 12.5. The highest BCUT2D eigenvalue weighted by Crippen LogP contribution is 2.67. The number of hydrogen-bond acceptors (Lipinski definition) is 26. The highest BCUT2D eigenvalue weighted by atomic mass is 32.3. The summed E-state index contributed by atoms with van der Waals surface area (Å²) in [7, 11) is -4.88. The largest absolute Gasteiger partial charge is 0.397 e. The van der Waals surface area contributed by atoms with Crippen LogP contribution < -0.4 is 0 Å². The topological polar surface area (TPSA) is 419 Å². The Labute approximate surface area is 496 Å². The first kappa shape index (κ1) is 68.1. The molecule has 1 unspecified atom stereocenters. The molecular formula is C57H96O27S. The van der Waals surface area contributed by atoms with Crippen LogP contribution in [0.25, 0.3) is 0 Å². The second-order valence-electron chi connectivity index (χ2n) is 27.1. The van der Waals surface area contributed by atoms with Gasteiger partial charge in [-0.1, -0.05) is 46.3 Å². The lowest BCUT2D eigenvalue weighted by molar-refractivity contribution is -0.432. The van der Waals surface area contributed by atoms with Crippen molar-refractivity contribution in [3.05, 3.63) is 11.6 Å². The summed E-state index contributed by atoms with van der Waals surface area (Å²) in [6.45, 7) is 17.7. The van der Waals surface area contributed by atoms with Crippen LogP contribution in [-0.2, 0) is 62.0 Å². The standard InChI is InChI=1S/C57H96O27S/c1-21(2)17-28(58)18-22(3)31-11-12-32-30-20-35(34-19-29(84-85(71,72)73)13-15-56(34,10)33(30)14-16-55(31,32)9)79-52-45(68)49(57(69,70)27(8)78-52)83-54-48(82-51-43(66)40(63)37(60)24(5)75-51)44(67)46(26(7)77-54)80-53-47(41(64)38(61)25(6)76-53)81-50-42(65)39(62)36(59)23(4)74-50/h14,21-32,34-54,58-70H,11-13,15-20H2,1-10H3,(H,71,72,73)/t22-,23-,24-,25-,26-,27-,28?,29+,30+,31-,32+,34-,35+,36+,37-,38+,39+,40+,41+,42-,43-,44+,45-,46-,47-,48-,49-,50+,51+,52+,53+,54+,55-,56-/m1/s1. The second kappa shape index (κ2) is 26.0. The van der Waals surface area contributed by atoms with Gasteiger partial charge in [0.15, 0.2) is 31.5 Å². The van der Waals surface area contributed by atoms with Crippen LogP contribution in [0.1, 0.15) is 127 Å². The number of fused-ring (bicyclic) bond motifs is 5. The van der Waals surface area contributed by atoms with Gasteiger partial charge in [-0.15, -0.1) is 0 Å². The monoisotopic (exact) mass is 1240 g/mol. The Morgan fingerprint density at radius 3 is 1.67 bits per heavy atom. The van der Waals surface area contributed by atoms with Crippen molar-refractivity contribution >= 4 is 10.4 Å². The minimum atomic E-state index is -4.88. The Morgan fingerprint density at radius 1 is 0.576 bits per heavy atom. The van der Waals surface area contributed by atoms with Gasteiger partial charge < -0.3 is 114 Å². The van der Waals surface area contributed by atoms with Crippen molar-refractivity contribution in [1.29, 1.82) is 0 Å². The summed E-state index contributed by atoms with van der Waals surface area (Å²) in [5.74, 6) is -2.61. The van der Waals surface area contributed by atoms with Crippen LogP contribution in [0, 0.1) is 46.3 Å². The third-order valence-electron chi connectivity index (χ3n) is 20.9. The number of hydrogen-bond donors (Lipinski definition) is 14. The lowest BCUT2D eigenvalue weighted by atomic mass is 9.47. The maximum absolute atomic E-state index is 12.5. The normalized spacial score (nSPS) is 51.9. The van der Waals surface area contributed by atoms with Crippen molar-refractivity contribution in [2.75, 3.05) is 0 Å². The first-order valence-corrected chi connectivity index (χ1v) is 31.8. The SMILES string of the molecule is CC(C)CC(O)C[C@@H](C)[C@H]1CC[C@H]2[C@@H]3C[C@H](O[C@@H]4O[C@H](C)C(O)(O)[C@H](O[C@@H]5O[C@H](C)[C@@H](O[C@@H]6O[C@H](C)[C@H](O)[C@H](O)[C@H]6O[C@@H]6O[C@H](C)[C@H](O)[C@H](O)[C@H]6O)[C@H](O)[C@H]5O[C@@H]5O[C@H](C)[C@@H](O)[C@H](O)[C@H]5O)[C@H]4O)[C@H]4C[C@@H](OS(=O)(=O)O)CC[C@]4(C)C3=CC[C@]12C. The first-order chi connectivity index (χ1) is 39.6. The summed E-state index contributed by atoms with van der Waals surface area (Å²) in [5, 5.41) is 147. The predicted octanol–water partition coefficient (Wildman–Crippen LogP) is -1.26. The molecule has 492 valence electrons. The van der Waals surface area contributed by atoms with Crippen molar-refractivity contribution in [3.8, 4) is 0 Å². The molecule has 5 aliphatic heterocycles. The van der Waals surface area contributed by atoms with E-state index in [9.17, 15) is 79.4 Å². The van der Waals surface area contributed by atoms with Gasteiger partial charge in [0, 0.05) is 0 Å². The van der Waals surface area contributed by atoms with Crippen LogP contribution in [0.15, 0.2) is 11.6 Å². The molecule has 5 saturated heterocycles. The average Bonchev–Trinajstić information content (AvgIpc) is 1.79. The number of rotatable bonds is 17. The van der Waals surface area contributed by atoms with Gasteiger partial charge in [-0.2, -0.15) is 8.42 Å². The van der Waals surface area contributed by atoms with E-state index in [0.717, 1.165) is 19.3 Å². The summed E-state index contributed by atoms with van der Waals surface area (Å²) in [4.78, 5) is 0. The number of ether oxygens (including phenoxy) is 10. The Hall–Kier alpha value is -1.31. The molecule has 0 amide bonds. The van der Waals surface area contributed by atoms with E-state index >= 15 is 0 Å². The average molecular weight is 1250 g/mol. The molecule has 28 heteroatoms. The minimum absolute atomic E-state index is 0.0524. The Bertz CT molecular complexity index is 2390. The van der Waals surface area contributed by atoms with Gasteiger partial charge in [-0.25, -0.2) is 4.18 Å². The predicted molar refractivity (Wildman–Crippen MR) is 290 cm³/mol. The van der Waals surface area contributed by atoms with E-state index in [1.807, 2.05) is 0 Å². The molecule has 5 heterocycles. The summed E-state index contributed by atoms with van der Waals surface area (Å²) in [5.41, 5.74) is 0.451. The van der Waals surface area contributed by atoms with Gasteiger partial charge in [0.1, 0.15) is 91.6 Å². The fourth-order valence-corrected chi connectivity index (χ4v) is 16.7. The van der Waals surface area contributed by atoms with Crippen LogP contribution in [0.3, 0.4) is 0 Å². The lowest BCUT2D eigenvalue weighted by Crippen LogP contribution is -2.70. The summed E-state index contributed by atoms with van der Waals surface area (Å²) < 4.78 is 101. The van der Waals surface area contributed by atoms with Crippen LogP contribution in [0.5, 0.6) is 0 Å². The zero-order valence-electron chi connectivity index (χ0n) is 50.0.